The normalized spacial score (nSPS) is 11.7. The number of rotatable bonds is 6. The summed E-state index contributed by atoms with van der Waals surface area (Å²) in [6.45, 7) is 4.16. The molecule has 0 aliphatic carbocycles. The second-order valence-corrected chi connectivity index (χ2v) is 6.80. The summed E-state index contributed by atoms with van der Waals surface area (Å²) in [5.41, 5.74) is 5.51. The summed E-state index contributed by atoms with van der Waals surface area (Å²) >= 11 is 0. The van der Waals surface area contributed by atoms with Crippen molar-refractivity contribution in [3.05, 3.63) is 101 Å². The molecule has 0 fully saturated rings. The lowest BCUT2D eigenvalue weighted by Gasteiger charge is -2.22. The van der Waals surface area contributed by atoms with Crippen LogP contribution < -0.4 is 10.1 Å². The lowest BCUT2D eigenvalue weighted by atomic mass is 9.93. The van der Waals surface area contributed by atoms with Crippen LogP contribution in [0.15, 0.2) is 72.8 Å². The highest BCUT2D eigenvalue weighted by Crippen LogP contribution is 2.26. The Morgan fingerprint density at radius 3 is 2.33 bits per heavy atom. The number of benzene rings is 3. The third kappa shape index (κ3) is 4.76. The Bertz CT molecular complexity index is 901. The van der Waals surface area contributed by atoms with Gasteiger partial charge >= 0.3 is 0 Å². The molecule has 0 unspecified atom stereocenters. The van der Waals surface area contributed by atoms with Crippen molar-refractivity contribution in [2.45, 2.75) is 26.3 Å². The third-order valence-electron chi connectivity index (χ3n) is 4.71. The van der Waals surface area contributed by atoms with Crippen LogP contribution in [0.2, 0.25) is 0 Å². The van der Waals surface area contributed by atoms with E-state index in [1.54, 1.807) is 7.11 Å². The number of carbonyl (C=O) groups excluding carboxylic acids is 1. The van der Waals surface area contributed by atoms with E-state index in [0.29, 0.717) is 6.42 Å². The Balaban J connectivity index is 1.84. The van der Waals surface area contributed by atoms with Crippen LogP contribution in [0.4, 0.5) is 0 Å². The van der Waals surface area contributed by atoms with Gasteiger partial charge in [0.25, 0.3) is 0 Å². The van der Waals surface area contributed by atoms with Gasteiger partial charge in [-0.25, -0.2) is 0 Å². The minimum atomic E-state index is -0.170. The van der Waals surface area contributed by atoms with Crippen molar-refractivity contribution in [3.8, 4) is 5.75 Å². The summed E-state index contributed by atoms with van der Waals surface area (Å²) in [7, 11) is 1.64. The second-order valence-electron chi connectivity index (χ2n) is 6.80. The molecule has 0 heterocycles. The molecule has 0 aromatic heterocycles. The van der Waals surface area contributed by atoms with E-state index in [9.17, 15) is 4.79 Å². The summed E-state index contributed by atoms with van der Waals surface area (Å²) < 4.78 is 5.18. The minimum Gasteiger partial charge on any atom is -0.497 e. The van der Waals surface area contributed by atoms with Crippen LogP contribution in [0.3, 0.4) is 0 Å². The van der Waals surface area contributed by atoms with Crippen LogP contribution in [0, 0.1) is 13.8 Å². The molecule has 1 N–H and O–H groups in total. The Morgan fingerprint density at radius 1 is 0.963 bits per heavy atom. The number of carbonyl (C=O) groups is 1. The van der Waals surface area contributed by atoms with Gasteiger partial charge in [-0.1, -0.05) is 66.2 Å². The van der Waals surface area contributed by atoms with Crippen LogP contribution in [-0.2, 0) is 11.2 Å². The number of aryl methyl sites for hydroxylation is 2. The maximum Gasteiger partial charge on any atom is 0.225 e. The van der Waals surface area contributed by atoms with E-state index in [0.717, 1.165) is 22.4 Å². The molecule has 0 aliphatic heterocycles. The summed E-state index contributed by atoms with van der Waals surface area (Å²) in [5, 5.41) is 3.22. The molecule has 138 valence electrons. The predicted octanol–water partition coefficient (Wildman–Crippen LogP) is 4.76. The molecule has 3 heteroatoms. The van der Waals surface area contributed by atoms with E-state index in [1.165, 1.54) is 11.1 Å². The highest BCUT2D eigenvalue weighted by atomic mass is 16.5. The van der Waals surface area contributed by atoms with Gasteiger partial charge in [0.2, 0.25) is 5.91 Å². The van der Waals surface area contributed by atoms with Crippen molar-refractivity contribution >= 4 is 5.91 Å². The van der Waals surface area contributed by atoms with Crippen molar-refractivity contribution in [2.75, 3.05) is 7.11 Å². The van der Waals surface area contributed by atoms with Gasteiger partial charge in [-0.05, 0) is 48.2 Å². The molecule has 0 aliphatic rings. The van der Waals surface area contributed by atoms with Crippen LogP contribution in [0.25, 0.3) is 0 Å². The van der Waals surface area contributed by atoms with Crippen LogP contribution in [0.5, 0.6) is 5.75 Å². The van der Waals surface area contributed by atoms with Gasteiger partial charge in [0.05, 0.1) is 19.6 Å². The highest BCUT2D eigenvalue weighted by Gasteiger charge is 2.19. The first kappa shape index (κ1) is 18.7. The van der Waals surface area contributed by atoms with E-state index < -0.39 is 0 Å². The van der Waals surface area contributed by atoms with Gasteiger partial charge in [0.1, 0.15) is 5.75 Å². The molecule has 0 saturated heterocycles. The number of nitrogens with one attached hydrogen (secondary N) is 1. The molecular weight excluding hydrogens is 334 g/mol. The van der Waals surface area contributed by atoms with Crippen molar-refractivity contribution in [3.63, 3.8) is 0 Å². The van der Waals surface area contributed by atoms with Crippen molar-refractivity contribution in [1.82, 2.24) is 5.32 Å². The summed E-state index contributed by atoms with van der Waals surface area (Å²) in [5.74, 6) is 0.784. The molecule has 0 spiro atoms. The monoisotopic (exact) mass is 359 g/mol. The molecule has 0 bridgehead atoms. The molecule has 3 rings (SSSR count). The zero-order chi connectivity index (χ0) is 19.2. The average Bonchev–Trinajstić information content (AvgIpc) is 2.69. The van der Waals surface area contributed by atoms with Gasteiger partial charge in [0, 0.05) is 0 Å². The van der Waals surface area contributed by atoms with E-state index in [4.69, 9.17) is 4.74 Å². The number of hydrogen-bond donors (Lipinski definition) is 1. The van der Waals surface area contributed by atoms with Gasteiger partial charge < -0.3 is 10.1 Å². The van der Waals surface area contributed by atoms with Crippen molar-refractivity contribution in [1.29, 1.82) is 0 Å². The van der Waals surface area contributed by atoms with Crippen LogP contribution in [-0.4, -0.2) is 13.0 Å². The van der Waals surface area contributed by atoms with Gasteiger partial charge in [-0.2, -0.15) is 0 Å². The third-order valence-corrected chi connectivity index (χ3v) is 4.71. The standard InChI is InChI=1S/C24H25NO2/c1-17-9-10-18(2)22(15-17)24(20-7-5-4-6-8-20)25-23(26)16-19-11-13-21(27-3)14-12-19/h4-15,24H,16H2,1-3H3,(H,25,26)/t24-/m1/s1. The fourth-order valence-corrected chi connectivity index (χ4v) is 3.20. The van der Waals surface area contributed by atoms with E-state index in [1.807, 2.05) is 42.5 Å². The molecule has 1 atom stereocenters. The Hall–Kier alpha value is -3.07. The highest BCUT2D eigenvalue weighted by molar-refractivity contribution is 5.79. The molecule has 1 amide bonds. The SMILES string of the molecule is COc1ccc(CC(=O)N[C@H](c2ccccc2)c2cc(C)ccc2C)cc1. The van der Waals surface area contributed by atoms with E-state index >= 15 is 0 Å². The molecule has 3 aromatic carbocycles. The van der Waals surface area contributed by atoms with E-state index in [2.05, 4.69) is 49.5 Å². The van der Waals surface area contributed by atoms with Gasteiger partial charge in [0.15, 0.2) is 0 Å². The van der Waals surface area contributed by atoms with Crippen molar-refractivity contribution in [2.24, 2.45) is 0 Å². The molecule has 0 saturated carbocycles. The largest absolute Gasteiger partial charge is 0.497 e. The first-order valence-corrected chi connectivity index (χ1v) is 9.11. The fraction of sp³-hybridized carbons (Fsp3) is 0.208. The Labute approximate surface area is 161 Å². The van der Waals surface area contributed by atoms with Crippen molar-refractivity contribution < 1.29 is 9.53 Å². The van der Waals surface area contributed by atoms with Crippen LogP contribution in [0.1, 0.15) is 33.9 Å². The quantitative estimate of drug-likeness (QED) is 0.689. The average molecular weight is 359 g/mol. The molecule has 3 nitrogen and oxygen atoms in total. The molecule has 27 heavy (non-hydrogen) atoms. The fourth-order valence-electron chi connectivity index (χ4n) is 3.20. The number of methoxy groups -OCH3 is 1. The molecule has 3 aromatic rings. The molecule has 0 radical (unpaired) electrons. The topological polar surface area (TPSA) is 38.3 Å². The van der Waals surface area contributed by atoms with Gasteiger partial charge in [-0.3, -0.25) is 4.79 Å². The zero-order valence-electron chi connectivity index (χ0n) is 16.0. The zero-order valence-corrected chi connectivity index (χ0v) is 16.0. The maximum atomic E-state index is 12.8. The maximum absolute atomic E-state index is 12.8. The Morgan fingerprint density at radius 2 is 1.67 bits per heavy atom. The first-order valence-electron chi connectivity index (χ1n) is 9.11. The van der Waals surface area contributed by atoms with E-state index in [-0.39, 0.29) is 11.9 Å². The number of ether oxygens (including phenoxy) is 1. The summed E-state index contributed by atoms with van der Waals surface area (Å²) in [6.07, 6.45) is 0.332. The second kappa shape index (κ2) is 8.54. The summed E-state index contributed by atoms with van der Waals surface area (Å²) in [6, 6.07) is 23.9. The lowest BCUT2D eigenvalue weighted by molar-refractivity contribution is -0.120. The minimum absolute atomic E-state index is 0.00470. The van der Waals surface area contributed by atoms with Crippen LogP contribution >= 0.6 is 0 Å². The smallest absolute Gasteiger partial charge is 0.225 e. The van der Waals surface area contributed by atoms with Gasteiger partial charge in [-0.15, -0.1) is 0 Å². The number of hydrogen-bond acceptors (Lipinski definition) is 2. The predicted molar refractivity (Wildman–Crippen MR) is 109 cm³/mol. The lowest BCUT2D eigenvalue weighted by Crippen LogP contribution is -2.31. The summed E-state index contributed by atoms with van der Waals surface area (Å²) in [4.78, 5) is 12.8. The number of amides is 1. The Kier molecular flexibility index (Phi) is 5.92. The molecular formula is C24H25NO2. The first-order chi connectivity index (χ1) is 13.1.